The van der Waals surface area contributed by atoms with Gasteiger partial charge in [-0.15, -0.1) is 0 Å². The number of aliphatic hydroxyl groups excluding tert-OH is 2. The van der Waals surface area contributed by atoms with Gasteiger partial charge in [-0.1, -0.05) is 44.6 Å². The van der Waals surface area contributed by atoms with Gasteiger partial charge in [0.2, 0.25) is 0 Å². The van der Waals surface area contributed by atoms with Gasteiger partial charge in [-0.05, 0) is 6.92 Å². The molecular weight excluding hydrogens is 180 g/mol. The lowest BCUT2D eigenvalue weighted by atomic mass is 10.4. The molecule has 0 saturated heterocycles. The third-order valence-corrected chi connectivity index (χ3v) is 0.751. The average Bonchev–Trinajstić information content (AvgIpc) is 1.83. The zero-order chi connectivity index (χ0) is 6.41. The highest BCUT2D eigenvalue weighted by molar-refractivity contribution is 4.42. The van der Waals surface area contributed by atoms with E-state index >= 15 is 0 Å². The van der Waals surface area contributed by atoms with E-state index in [0.29, 0.717) is 6.61 Å². The molecule has 0 aliphatic heterocycles. The van der Waals surface area contributed by atoms with Gasteiger partial charge in [0.05, 0.1) is 25.9 Å². The van der Waals surface area contributed by atoms with Crippen LogP contribution in [0.25, 0.3) is 0 Å². The molecule has 98 valence electrons. The van der Waals surface area contributed by atoms with E-state index in [4.69, 9.17) is 14.9 Å². The van der Waals surface area contributed by atoms with Crippen molar-refractivity contribution in [3.05, 3.63) is 0 Å². The van der Waals surface area contributed by atoms with Gasteiger partial charge in [-0.2, -0.15) is 0 Å². The predicted octanol–water partition coefficient (Wildman–Crippen LogP) is 3.19. The van der Waals surface area contributed by atoms with E-state index in [1.807, 2.05) is 0 Å². The minimum Gasteiger partial charge on any atom is -0.394 e. The first kappa shape index (κ1) is 48.6. The fraction of sp³-hybridized carbons (Fsp3) is 1.00. The van der Waals surface area contributed by atoms with Gasteiger partial charge in [-0.3, -0.25) is 0 Å². The molecule has 0 spiro atoms. The van der Waals surface area contributed by atoms with Crippen LogP contribution in [0.15, 0.2) is 0 Å². The van der Waals surface area contributed by atoms with E-state index in [9.17, 15) is 0 Å². The highest BCUT2D eigenvalue weighted by Gasteiger charge is 1.95. The first-order valence-corrected chi connectivity index (χ1v) is 2.64. The molecule has 0 aliphatic carbocycles. The molecule has 0 aromatic heterocycles. The smallest absolute Gasteiger partial charge is 0.0778 e. The Morgan fingerprint density at radius 2 is 1.29 bits per heavy atom. The van der Waals surface area contributed by atoms with Crippen LogP contribution >= 0.6 is 0 Å². The number of rotatable bonds is 4. The highest BCUT2D eigenvalue weighted by atomic mass is 16.5. The third kappa shape index (κ3) is 40.7. The summed E-state index contributed by atoms with van der Waals surface area (Å²) in [6.07, 6.45) is -0.151. The summed E-state index contributed by atoms with van der Waals surface area (Å²) >= 11 is 0. The van der Waals surface area contributed by atoms with E-state index < -0.39 is 0 Å². The fourth-order valence-corrected chi connectivity index (χ4v) is 0.307. The molecule has 0 radical (unpaired) electrons. The summed E-state index contributed by atoms with van der Waals surface area (Å²) in [5.41, 5.74) is 0. The zero-order valence-corrected chi connectivity index (χ0v) is 5.00. The Labute approximate surface area is 93.1 Å². The van der Waals surface area contributed by atoms with Crippen molar-refractivity contribution in [1.29, 1.82) is 0 Å². The molecule has 0 aromatic carbocycles. The van der Waals surface area contributed by atoms with Crippen LogP contribution in [0.3, 0.4) is 0 Å². The van der Waals surface area contributed by atoms with Crippen LogP contribution in [0.5, 0.6) is 0 Å². The quantitative estimate of drug-likeness (QED) is 0.759. The van der Waals surface area contributed by atoms with Crippen molar-refractivity contribution in [2.75, 3.05) is 19.8 Å². The summed E-state index contributed by atoms with van der Waals surface area (Å²) in [5.74, 6) is 0. The predicted molar refractivity (Wildman–Crippen MR) is 70.0 cm³/mol. The topological polar surface area (TPSA) is 49.7 Å². The van der Waals surface area contributed by atoms with Crippen LogP contribution in [-0.4, -0.2) is 36.1 Å². The Bertz CT molecular complexity index is 49.8. The second-order valence-electron chi connectivity index (χ2n) is 1.59. The van der Waals surface area contributed by atoms with E-state index in [-0.39, 0.29) is 63.9 Å². The van der Waals surface area contributed by atoms with Gasteiger partial charge in [0, 0.05) is 0 Å². The second-order valence-corrected chi connectivity index (χ2v) is 1.59. The number of hydrogen-bond donors (Lipinski definition) is 2. The average molecular weight is 216 g/mol. The number of hydrogen-bond acceptors (Lipinski definition) is 3. The molecule has 3 nitrogen and oxygen atoms in total. The summed E-state index contributed by atoms with van der Waals surface area (Å²) in [6, 6.07) is 0. The normalized spacial score (nSPS) is 7.93. The Balaban J connectivity index is -0.0000000163. The van der Waals surface area contributed by atoms with Crippen molar-refractivity contribution >= 4 is 0 Å². The summed E-state index contributed by atoms with van der Waals surface area (Å²) < 4.78 is 4.84. The van der Waals surface area contributed by atoms with Crippen LogP contribution in [0, 0.1) is 0 Å². The Hall–Kier alpha value is -0.120. The molecular formula is C11H36O3. The van der Waals surface area contributed by atoms with Crippen molar-refractivity contribution in [1.82, 2.24) is 0 Å². The molecule has 1 atom stereocenters. The summed E-state index contributed by atoms with van der Waals surface area (Å²) in [5, 5.41) is 16.6. The molecule has 0 rings (SSSR count). The van der Waals surface area contributed by atoms with Crippen molar-refractivity contribution in [3.63, 3.8) is 0 Å². The van der Waals surface area contributed by atoms with Gasteiger partial charge in [0.25, 0.3) is 0 Å². The van der Waals surface area contributed by atoms with E-state index in [2.05, 4.69) is 0 Å². The fourth-order valence-electron chi connectivity index (χ4n) is 0.307. The Morgan fingerprint density at radius 1 is 0.929 bits per heavy atom. The monoisotopic (exact) mass is 216 g/mol. The van der Waals surface area contributed by atoms with Crippen LogP contribution in [0.1, 0.15) is 51.5 Å². The van der Waals surface area contributed by atoms with E-state index in [1.165, 1.54) is 0 Å². The summed E-state index contributed by atoms with van der Waals surface area (Å²) in [6.45, 7) is 2.09. The maximum absolute atomic E-state index is 8.35. The van der Waals surface area contributed by atoms with Crippen molar-refractivity contribution in [2.45, 2.75) is 57.6 Å². The summed E-state index contributed by atoms with van der Waals surface area (Å²) in [7, 11) is 0. The summed E-state index contributed by atoms with van der Waals surface area (Å²) in [4.78, 5) is 0. The molecule has 0 heterocycles. The molecule has 0 fully saturated rings. The van der Waals surface area contributed by atoms with Gasteiger partial charge < -0.3 is 14.9 Å². The molecule has 0 bridgehead atoms. The van der Waals surface area contributed by atoms with Gasteiger partial charge >= 0.3 is 0 Å². The Morgan fingerprint density at radius 3 is 1.50 bits per heavy atom. The van der Waals surface area contributed by atoms with Gasteiger partial charge in [0.1, 0.15) is 0 Å². The van der Waals surface area contributed by atoms with Crippen LogP contribution in [0.2, 0.25) is 0 Å². The van der Waals surface area contributed by atoms with Crippen LogP contribution in [0.4, 0.5) is 0 Å². The van der Waals surface area contributed by atoms with Crippen LogP contribution < -0.4 is 0 Å². The standard InChI is InChI=1S/C5H12O3.6CH4/c1-5(4-7)8-3-2-6;;;;;;/h5-7H,2-4H2,1H3;6*1H4. The molecule has 3 heteroatoms. The Kier molecular flexibility index (Phi) is 133. The number of ether oxygens (including phenoxy) is 1. The van der Waals surface area contributed by atoms with Crippen molar-refractivity contribution in [2.24, 2.45) is 0 Å². The molecule has 2 N–H and O–H groups in total. The first-order chi connectivity index (χ1) is 3.81. The third-order valence-electron chi connectivity index (χ3n) is 0.751. The number of aliphatic hydroxyl groups is 2. The molecule has 0 amide bonds. The van der Waals surface area contributed by atoms with Gasteiger partial charge in [0.15, 0.2) is 0 Å². The van der Waals surface area contributed by atoms with Crippen molar-refractivity contribution in [3.8, 4) is 0 Å². The lowest BCUT2D eigenvalue weighted by Gasteiger charge is -2.06. The highest BCUT2D eigenvalue weighted by Crippen LogP contribution is 1.85. The maximum atomic E-state index is 8.35. The molecule has 14 heavy (non-hydrogen) atoms. The minimum atomic E-state index is -0.151. The van der Waals surface area contributed by atoms with E-state index in [1.54, 1.807) is 6.92 Å². The van der Waals surface area contributed by atoms with Gasteiger partial charge in [-0.25, -0.2) is 0 Å². The first-order valence-electron chi connectivity index (χ1n) is 2.64. The molecule has 1 unspecified atom stereocenters. The minimum absolute atomic E-state index is 0. The molecule has 0 aromatic rings. The second kappa shape index (κ2) is 38.4. The van der Waals surface area contributed by atoms with E-state index in [0.717, 1.165) is 0 Å². The van der Waals surface area contributed by atoms with Crippen LogP contribution in [-0.2, 0) is 4.74 Å². The lowest BCUT2D eigenvalue weighted by molar-refractivity contribution is 0.00729. The molecule has 0 aliphatic rings. The zero-order valence-electron chi connectivity index (χ0n) is 5.00. The maximum Gasteiger partial charge on any atom is 0.0778 e. The van der Waals surface area contributed by atoms with Crippen molar-refractivity contribution < 1.29 is 14.9 Å². The molecule has 0 saturated carbocycles. The lowest BCUT2D eigenvalue weighted by Crippen LogP contribution is -2.14. The SMILES string of the molecule is C.C.C.C.C.C.CC(CO)OCCO. The largest absolute Gasteiger partial charge is 0.394 e.